The number of rotatable bonds is 4. The largest absolute Gasteiger partial charge is 0.366 e. The molecule has 1 saturated heterocycles. The molecule has 108 valence electrons. The van der Waals surface area contributed by atoms with Crippen molar-refractivity contribution in [3.63, 3.8) is 0 Å². The van der Waals surface area contributed by atoms with Crippen LogP contribution < -0.4 is 5.32 Å². The summed E-state index contributed by atoms with van der Waals surface area (Å²) in [6.07, 6.45) is 3.08. The summed E-state index contributed by atoms with van der Waals surface area (Å²) in [5, 5.41) is 12.2. The topological polar surface area (TPSA) is 86.1 Å². The molecule has 7 heteroatoms. The van der Waals surface area contributed by atoms with Crippen molar-refractivity contribution in [3.8, 4) is 6.07 Å². The summed E-state index contributed by atoms with van der Waals surface area (Å²) < 4.78 is 25.1. The second kappa shape index (κ2) is 6.20. The van der Waals surface area contributed by atoms with Crippen molar-refractivity contribution in [2.24, 2.45) is 0 Å². The Bertz CT molecular complexity index is 601. The second-order valence-electron chi connectivity index (χ2n) is 4.73. The molecule has 0 unspecified atom stereocenters. The summed E-state index contributed by atoms with van der Waals surface area (Å²) in [5.74, 6) is 0.719. The van der Waals surface area contributed by atoms with Crippen LogP contribution in [0.25, 0.3) is 0 Å². The van der Waals surface area contributed by atoms with E-state index in [1.165, 1.54) is 4.31 Å². The van der Waals surface area contributed by atoms with Crippen LogP contribution in [-0.4, -0.2) is 42.6 Å². The highest BCUT2D eigenvalue weighted by atomic mass is 32.2. The van der Waals surface area contributed by atoms with Gasteiger partial charge in [-0.3, -0.25) is 0 Å². The third kappa shape index (κ3) is 3.26. The molecule has 2 rings (SSSR count). The third-order valence-corrected chi connectivity index (χ3v) is 5.36. The number of nitrogens with one attached hydrogen (secondary N) is 1. The summed E-state index contributed by atoms with van der Waals surface area (Å²) in [5.41, 5.74) is 0.510. The Balaban J connectivity index is 1.97. The summed E-state index contributed by atoms with van der Waals surface area (Å²) in [6, 6.07) is 5.69. The van der Waals surface area contributed by atoms with Gasteiger partial charge in [-0.25, -0.2) is 17.7 Å². The van der Waals surface area contributed by atoms with E-state index in [1.54, 1.807) is 25.3 Å². The minimum absolute atomic E-state index is 0.143. The first kappa shape index (κ1) is 14.8. The normalized spacial score (nSPS) is 17.6. The Kier molecular flexibility index (Phi) is 4.57. The van der Waals surface area contributed by atoms with E-state index in [4.69, 9.17) is 5.26 Å². The lowest BCUT2D eigenvalue weighted by molar-refractivity contribution is 0.330. The van der Waals surface area contributed by atoms with Crippen molar-refractivity contribution < 1.29 is 8.42 Å². The maximum absolute atomic E-state index is 11.8. The van der Waals surface area contributed by atoms with Gasteiger partial charge in [0.05, 0.1) is 11.3 Å². The van der Waals surface area contributed by atoms with E-state index in [0.717, 1.165) is 12.8 Å². The Hall–Kier alpha value is -1.65. The Morgan fingerprint density at radius 2 is 2.20 bits per heavy atom. The van der Waals surface area contributed by atoms with Crippen LogP contribution in [0.1, 0.15) is 25.3 Å². The first-order chi connectivity index (χ1) is 9.56. The minimum atomic E-state index is -3.09. The fraction of sp³-hybridized carbons (Fsp3) is 0.538. The summed E-state index contributed by atoms with van der Waals surface area (Å²) in [7, 11) is -3.09. The predicted molar refractivity (Wildman–Crippen MR) is 76.6 cm³/mol. The van der Waals surface area contributed by atoms with E-state index in [0.29, 0.717) is 24.5 Å². The monoisotopic (exact) mass is 294 g/mol. The van der Waals surface area contributed by atoms with Crippen molar-refractivity contribution in [1.82, 2.24) is 9.29 Å². The summed E-state index contributed by atoms with van der Waals surface area (Å²) >= 11 is 0. The van der Waals surface area contributed by atoms with Gasteiger partial charge in [0.2, 0.25) is 10.0 Å². The molecule has 0 atom stereocenters. The number of pyridine rings is 1. The highest BCUT2D eigenvalue weighted by molar-refractivity contribution is 7.89. The molecule has 0 radical (unpaired) electrons. The van der Waals surface area contributed by atoms with Gasteiger partial charge >= 0.3 is 0 Å². The smallest absolute Gasteiger partial charge is 0.213 e. The molecule has 0 bridgehead atoms. The van der Waals surface area contributed by atoms with Crippen LogP contribution >= 0.6 is 0 Å². The van der Waals surface area contributed by atoms with Gasteiger partial charge in [-0.1, -0.05) is 0 Å². The van der Waals surface area contributed by atoms with E-state index >= 15 is 0 Å². The SMILES string of the molecule is CCS(=O)(=O)N1CCC(Nc2ncccc2C#N)CC1. The van der Waals surface area contributed by atoms with Crippen LogP contribution in [0.5, 0.6) is 0 Å². The zero-order chi connectivity index (χ0) is 14.6. The third-order valence-electron chi connectivity index (χ3n) is 3.48. The first-order valence-corrected chi connectivity index (χ1v) is 8.27. The number of aromatic nitrogens is 1. The van der Waals surface area contributed by atoms with Gasteiger partial charge in [0.25, 0.3) is 0 Å². The lowest BCUT2D eigenvalue weighted by Gasteiger charge is -2.31. The van der Waals surface area contributed by atoms with Gasteiger partial charge in [0.15, 0.2) is 0 Å². The van der Waals surface area contributed by atoms with Crippen LogP contribution in [0.4, 0.5) is 5.82 Å². The molecule has 6 nitrogen and oxygen atoms in total. The van der Waals surface area contributed by atoms with E-state index in [2.05, 4.69) is 16.4 Å². The second-order valence-corrected chi connectivity index (χ2v) is 6.99. The molecule has 1 aromatic heterocycles. The number of hydrogen-bond donors (Lipinski definition) is 1. The number of nitriles is 1. The molecule has 2 heterocycles. The van der Waals surface area contributed by atoms with Gasteiger partial charge in [-0.15, -0.1) is 0 Å². The average Bonchev–Trinajstić information content (AvgIpc) is 2.48. The van der Waals surface area contributed by atoms with Crippen molar-refractivity contribution in [2.45, 2.75) is 25.8 Å². The van der Waals surface area contributed by atoms with Gasteiger partial charge in [0.1, 0.15) is 11.9 Å². The minimum Gasteiger partial charge on any atom is -0.366 e. The van der Waals surface area contributed by atoms with Crippen LogP contribution in [0, 0.1) is 11.3 Å². The van der Waals surface area contributed by atoms with E-state index in [-0.39, 0.29) is 11.8 Å². The molecule has 1 aliphatic rings. The van der Waals surface area contributed by atoms with Crippen molar-refractivity contribution in [2.75, 3.05) is 24.2 Å². The van der Waals surface area contributed by atoms with Crippen molar-refractivity contribution >= 4 is 15.8 Å². The Morgan fingerprint density at radius 3 is 2.80 bits per heavy atom. The van der Waals surface area contributed by atoms with E-state index < -0.39 is 10.0 Å². The zero-order valence-corrected chi connectivity index (χ0v) is 12.2. The highest BCUT2D eigenvalue weighted by Gasteiger charge is 2.26. The molecular weight excluding hydrogens is 276 g/mol. The molecule has 1 aliphatic heterocycles. The number of sulfonamides is 1. The molecule has 0 amide bonds. The first-order valence-electron chi connectivity index (χ1n) is 6.66. The van der Waals surface area contributed by atoms with Crippen LogP contribution in [-0.2, 0) is 10.0 Å². The Labute approximate surface area is 119 Å². The van der Waals surface area contributed by atoms with Crippen molar-refractivity contribution in [3.05, 3.63) is 23.9 Å². The van der Waals surface area contributed by atoms with Gasteiger partial charge < -0.3 is 5.32 Å². The lowest BCUT2D eigenvalue weighted by Crippen LogP contribution is -2.43. The number of hydrogen-bond acceptors (Lipinski definition) is 5. The molecule has 0 aromatic carbocycles. The fourth-order valence-corrected chi connectivity index (χ4v) is 3.40. The summed E-state index contributed by atoms with van der Waals surface area (Å²) in [6.45, 7) is 2.69. The number of piperidine rings is 1. The van der Waals surface area contributed by atoms with Gasteiger partial charge in [0, 0.05) is 25.3 Å². The van der Waals surface area contributed by atoms with E-state index in [9.17, 15) is 8.42 Å². The van der Waals surface area contributed by atoms with Crippen LogP contribution in [0.15, 0.2) is 18.3 Å². The highest BCUT2D eigenvalue weighted by Crippen LogP contribution is 2.19. The van der Waals surface area contributed by atoms with Crippen LogP contribution in [0.2, 0.25) is 0 Å². The molecule has 1 aromatic rings. The maximum Gasteiger partial charge on any atom is 0.213 e. The average molecular weight is 294 g/mol. The fourth-order valence-electron chi connectivity index (χ4n) is 2.26. The standard InChI is InChI=1S/C13H18N4O2S/c1-2-20(18,19)17-8-5-12(6-9-17)16-13-11(10-14)4-3-7-15-13/h3-4,7,12H,2,5-6,8-9H2,1H3,(H,15,16). The van der Waals surface area contributed by atoms with Gasteiger partial charge in [-0.05, 0) is 31.9 Å². The lowest BCUT2D eigenvalue weighted by atomic mass is 10.1. The van der Waals surface area contributed by atoms with Gasteiger partial charge in [-0.2, -0.15) is 5.26 Å². The number of anilines is 1. The summed E-state index contributed by atoms with van der Waals surface area (Å²) in [4.78, 5) is 4.16. The number of nitrogens with zero attached hydrogens (tertiary/aromatic N) is 3. The van der Waals surface area contributed by atoms with Crippen molar-refractivity contribution in [1.29, 1.82) is 5.26 Å². The molecule has 20 heavy (non-hydrogen) atoms. The maximum atomic E-state index is 11.8. The molecular formula is C13H18N4O2S. The quantitative estimate of drug-likeness (QED) is 0.901. The predicted octanol–water partition coefficient (Wildman–Crippen LogP) is 1.18. The molecule has 0 aliphatic carbocycles. The zero-order valence-electron chi connectivity index (χ0n) is 11.4. The van der Waals surface area contributed by atoms with E-state index in [1.807, 2.05) is 0 Å². The molecule has 0 spiro atoms. The molecule has 0 saturated carbocycles. The molecule has 1 fully saturated rings. The molecule has 1 N–H and O–H groups in total. The Morgan fingerprint density at radius 1 is 1.50 bits per heavy atom. The van der Waals surface area contributed by atoms with Crippen LogP contribution in [0.3, 0.4) is 0 Å².